The summed E-state index contributed by atoms with van der Waals surface area (Å²) >= 11 is 3.33. The van der Waals surface area contributed by atoms with Gasteiger partial charge in [0, 0.05) is 17.6 Å². The molecule has 0 aliphatic heterocycles. The number of nitrogens with one attached hydrogen (secondary N) is 1. The maximum Gasteiger partial charge on any atom is 0.103 e. The fraction of sp³-hybridized carbons (Fsp3) is 0.462. The smallest absolute Gasteiger partial charge is 0.103 e. The predicted octanol–water partition coefficient (Wildman–Crippen LogP) is 2.05. The third-order valence-electron chi connectivity index (χ3n) is 2.44. The molecule has 0 spiro atoms. The van der Waals surface area contributed by atoms with E-state index >= 15 is 0 Å². The molecule has 0 saturated carbocycles. The summed E-state index contributed by atoms with van der Waals surface area (Å²) in [4.78, 5) is 1.92. The molecule has 1 rings (SSSR count). The van der Waals surface area contributed by atoms with Gasteiger partial charge in [-0.3, -0.25) is 0 Å². The number of anilines is 1. The zero-order valence-corrected chi connectivity index (χ0v) is 12.5. The van der Waals surface area contributed by atoms with Crippen molar-refractivity contribution in [3.63, 3.8) is 0 Å². The van der Waals surface area contributed by atoms with Gasteiger partial charge >= 0.3 is 0 Å². The molecule has 5 heteroatoms. The topological polar surface area (TPSA) is 59.3 Å². The summed E-state index contributed by atoms with van der Waals surface area (Å²) in [5, 5.41) is 22.4. The molecule has 0 aliphatic rings. The van der Waals surface area contributed by atoms with Crippen molar-refractivity contribution in [2.24, 2.45) is 0 Å². The molecular formula is C13H18BrN3O. The second kappa shape index (κ2) is 6.19. The molecule has 0 heterocycles. The van der Waals surface area contributed by atoms with Crippen LogP contribution in [0.4, 0.5) is 5.69 Å². The highest BCUT2D eigenvalue weighted by atomic mass is 79.9. The van der Waals surface area contributed by atoms with Gasteiger partial charge in [0.05, 0.1) is 16.9 Å². The molecule has 0 aliphatic carbocycles. The van der Waals surface area contributed by atoms with Gasteiger partial charge in [-0.05, 0) is 49.1 Å². The average Bonchev–Trinajstić information content (AvgIpc) is 2.24. The molecule has 1 atom stereocenters. The van der Waals surface area contributed by atoms with E-state index in [4.69, 9.17) is 5.26 Å². The lowest BCUT2D eigenvalue weighted by Crippen LogP contribution is -2.43. The van der Waals surface area contributed by atoms with Crippen LogP contribution in [0, 0.1) is 11.3 Å². The summed E-state index contributed by atoms with van der Waals surface area (Å²) in [5.74, 6) is 0. The van der Waals surface area contributed by atoms with Gasteiger partial charge in [-0.1, -0.05) is 6.07 Å². The van der Waals surface area contributed by atoms with E-state index in [2.05, 4.69) is 27.3 Å². The zero-order chi connectivity index (χ0) is 13.8. The molecule has 0 radical (unpaired) electrons. The summed E-state index contributed by atoms with van der Waals surface area (Å²) in [5.41, 5.74) is 0.433. The minimum atomic E-state index is -0.849. The van der Waals surface area contributed by atoms with E-state index in [0.717, 1.165) is 10.2 Å². The number of aliphatic hydroxyl groups is 1. The Kier molecular flexibility index (Phi) is 5.15. The highest BCUT2D eigenvalue weighted by Gasteiger charge is 2.21. The molecule has 1 unspecified atom stereocenters. The van der Waals surface area contributed by atoms with Gasteiger partial charge in [0.1, 0.15) is 6.07 Å². The number of nitriles is 1. The van der Waals surface area contributed by atoms with Crippen LogP contribution in [0.2, 0.25) is 0 Å². The van der Waals surface area contributed by atoms with E-state index in [1.807, 2.05) is 37.2 Å². The highest BCUT2D eigenvalue weighted by Crippen LogP contribution is 2.24. The van der Waals surface area contributed by atoms with E-state index in [9.17, 15) is 5.11 Å². The quantitative estimate of drug-likeness (QED) is 0.873. The van der Waals surface area contributed by atoms with Gasteiger partial charge in [0.2, 0.25) is 0 Å². The van der Waals surface area contributed by atoms with Crippen molar-refractivity contribution in [2.75, 3.05) is 32.5 Å². The highest BCUT2D eigenvalue weighted by molar-refractivity contribution is 9.10. The van der Waals surface area contributed by atoms with Crippen LogP contribution in [0.25, 0.3) is 0 Å². The van der Waals surface area contributed by atoms with Gasteiger partial charge < -0.3 is 15.3 Å². The van der Waals surface area contributed by atoms with Crippen LogP contribution < -0.4 is 5.32 Å². The van der Waals surface area contributed by atoms with E-state index < -0.39 is 5.60 Å². The van der Waals surface area contributed by atoms with Crippen molar-refractivity contribution >= 4 is 21.6 Å². The Morgan fingerprint density at radius 3 is 2.72 bits per heavy atom. The Morgan fingerprint density at radius 1 is 1.50 bits per heavy atom. The van der Waals surface area contributed by atoms with Crippen LogP contribution in [0.15, 0.2) is 22.7 Å². The molecule has 4 nitrogen and oxygen atoms in total. The molecule has 0 amide bonds. The summed E-state index contributed by atoms with van der Waals surface area (Å²) in [6, 6.07) is 7.64. The van der Waals surface area contributed by atoms with Crippen molar-refractivity contribution in [1.29, 1.82) is 5.26 Å². The SMILES string of the molecule is CN(C)CC(C)(O)CNc1cccc(Br)c1C#N. The third kappa shape index (κ3) is 4.30. The van der Waals surface area contributed by atoms with Gasteiger partial charge in [-0.25, -0.2) is 0 Å². The summed E-state index contributed by atoms with van der Waals surface area (Å²) in [7, 11) is 3.82. The third-order valence-corrected chi connectivity index (χ3v) is 3.10. The number of hydrogen-bond donors (Lipinski definition) is 2. The van der Waals surface area contributed by atoms with Gasteiger partial charge in [-0.2, -0.15) is 5.26 Å². The first-order valence-corrected chi connectivity index (χ1v) is 6.44. The average molecular weight is 312 g/mol. The Morgan fingerprint density at radius 2 is 2.17 bits per heavy atom. The fourth-order valence-electron chi connectivity index (χ4n) is 1.81. The number of likely N-dealkylation sites (N-methyl/N-ethyl adjacent to an activating group) is 1. The Labute approximate surface area is 116 Å². The van der Waals surface area contributed by atoms with Crippen molar-refractivity contribution in [1.82, 2.24) is 4.90 Å². The maximum absolute atomic E-state index is 10.2. The minimum absolute atomic E-state index is 0.385. The molecule has 1 aromatic carbocycles. The standard InChI is InChI=1S/C13H18BrN3O/c1-13(18,9-17(2)3)8-16-12-6-4-5-11(14)10(12)7-15/h4-6,16,18H,8-9H2,1-3H3. The van der Waals surface area contributed by atoms with Crippen LogP contribution in [0.5, 0.6) is 0 Å². The molecule has 0 saturated heterocycles. The molecule has 1 aromatic rings. The molecule has 18 heavy (non-hydrogen) atoms. The molecule has 0 fully saturated rings. The van der Waals surface area contributed by atoms with Crippen LogP contribution in [0.1, 0.15) is 12.5 Å². The van der Waals surface area contributed by atoms with Crippen molar-refractivity contribution in [3.05, 3.63) is 28.2 Å². The normalized spacial score (nSPS) is 14.1. The first kappa shape index (κ1) is 15.0. The summed E-state index contributed by atoms with van der Waals surface area (Å²) in [6.07, 6.45) is 0. The molecule has 2 N–H and O–H groups in total. The first-order chi connectivity index (χ1) is 8.35. The Balaban J connectivity index is 2.75. The summed E-state index contributed by atoms with van der Waals surface area (Å²) < 4.78 is 0.752. The van der Waals surface area contributed by atoms with Crippen LogP contribution in [0.3, 0.4) is 0 Å². The number of benzene rings is 1. The zero-order valence-electron chi connectivity index (χ0n) is 10.9. The lowest BCUT2D eigenvalue weighted by Gasteiger charge is -2.27. The lowest BCUT2D eigenvalue weighted by molar-refractivity contribution is 0.0460. The van der Waals surface area contributed by atoms with Crippen molar-refractivity contribution in [3.8, 4) is 6.07 Å². The van der Waals surface area contributed by atoms with Crippen molar-refractivity contribution in [2.45, 2.75) is 12.5 Å². The van der Waals surface area contributed by atoms with Crippen LogP contribution in [-0.4, -0.2) is 42.8 Å². The Hall–Kier alpha value is -1.09. The monoisotopic (exact) mass is 311 g/mol. The second-order valence-electron chi connectivity index (χ2n) is 4.86. The predicted molar refractivity (Wildman–Crippen MR) is 76.5 cm³/mol. The minimum Gasteiger partial charge on any atom is -0.387 e. The fourth-order valence-corrected chi connectivity index (χ4v) is 2.26. The molecule has 98 valence electrons. The van der Waals surface area contributed by atoms with Crippen LogP contribution >= 0.6 is 15.9 Å². The van der Waals surface area contributed by atoms with Crippen LogP contribution in [-0.2, 0) is 0 Å². The van der Waals surface area contributed by atoms with Gasteiger partial charge in [0.25, 0.3) is 0 Å². The summed E-state index contributed by atoms with van der Waals surface area (Å²) in [6.45, 7) is 2.70. The van der Waals surface area contributed by atoms with Gasteiger partial charge in [-0.15, -0.1) is 0 Å². The number of halogens is 1. The van der Waals surface area contributed by atoms with E-state index in [1.54, 1.807) is 6.92 Å². The molecular weight excluding hydrogens is 294 g/mol. The molecule has 0 aromatic heterocycles. The lowest BCUT2D eigenvalue weighted by atomic mass is 10.1. The largest absolute Gasteiger partial charge is 0.387 e. The van der Waals surface area contributed by atoms with Crippen molar-refractivity contribution < 1.29 is 5.11 Å². The van der Waals surface area contributed by atoms with E-state index in [0.29, 0.717) is 18.7 Å². The van der Waals surface area contributed by atoms with Gasteiger partial charge in [0.15, 0.2) is 0 Å². The maximum atomic E-state index is 10.2. The number of rotatable bonds is 5. The molecule has 0 bridgehead atoms. The number of nitrogens with zero attached hydrogens (tertiary/aromatic N) is 2. The van der Waals surface area contributed by atoms with E-state index in [1.165, 1.54) is 0 Å². The first-order valence-electron chi connectivity index (χ1n) is 5.65. The second-order valence-corrected chi connectivity index (χ2v) is 5.72. The van der Waals surface area contributed by atoms with E-state index in [-0.39, 0.29) is 0 Å². The number of hydrogen-bond acceptors (Lipinski definition) is 4. The Bertz CT molecular complexity index is 452.